The number of nitrogens with one attached hydrogen (secondary N) is 2. The Morgan fingerprint density at radius 2 is 1.96 bits per heavy atom. The number of ether oxygens (including phenoxy) is 1. The van der Waals surface area contributed by atoms with Crippen LogP contribution in [0.2, 0.25) is 0 Å². The van der Waals surface area contributed by atoms with Gasteiger partial charge in [-0.25, -0.2) is 0 Å². The van der Waals surface area contributed by atoms with Crippen LogP contribution in [0.25, 0.3) is 0 Å². The molecule has 0 bridgehead atoms. The van der Waals surface area contributed by atoms with Crippen LogP contribution in [0.4, 0.5) is 0 Å². The Morgan fingerprint density at radius 1 is 1.21 bits per heavy atom. The number of hydrogen-bond donors (Lipinski definition) is 2. The van der Waals surface area contributed by atoms with Gasteiger partial charge in [0.1, 0.15) is 0 Å². The van der Waals surface area contributed by atoms with Crippen molar-refractivity contribution in [3.05, 3.63) is 11.7 Å². The van der Waals surface area contributed by atoms with E-state index in [4.69, 9.17) is 9.26 Å². The third-order valence-corrected chi connectivity index (χ3v) is 4.71. The van der Waals surface area contributed by atoms with Gasteiger partial charge in [-0.3, -0.25) is 4.99 Å². The first-order valence-electron chi connectivity index (χ1n) is 10.6. The second-order valence-corrected chi connectivity index (χ2v) is 7.48. The van der Waals surface area contributed by atoms with Crippen LogP contribution in [0.1, 0.15) is 83.3 Å². The molecule has 0 radical (unpaired) electrons. The zero-order valence-corrected chi connectivity index (χ0v) is 20.0. The predicted molar refractivity (Wildman–Crippen MR) is 124 cm³/mol. The number of hydrogen-bond acceptors (Lipinski definition) is 5. The average Bonchev–Trinajstić information content (AvgIpc) is 2.98. The van der Waals surface area contributed by atoms with E-state index < -0.39 is 0 Å². The molecule has 0 unspecified atom stereocenters. The smallest absolute Gasteiger partial charge is 0.226 e. The van der Waals surface area contributed by atoms with Gasteiger partial charge in [0.15, 0.2) is 11.8 Å². The largest absolute Gasteiger partial charge is 0.376 e. The van der Waals surface area contributed by atoms with Gasteiger partial charge >= 0.3 is 0 Å². The highest BCUT2D eigenvalue weighted by Gasteiger charge is 2.12. The Labute approximate surface area is 186 Å². The summed E-state index contributed by atoms with van der Waals surface area (Å²) in [7, 11) is 0. The molecule has 0 amide bonds. The number of aryl methyl sites for hydroxylation is 1. The van der Waals surface area contributed by atoms with Crippen LogP contribution in [0.3, 0.4) is 0 Å². The maximum Gasteiger partial charge on any atom is 0.226 e. The van der Waals surface area contributed by atoms with Gasteiger partial charge in [0.05, 0.1) is 12.7 Å². The highest BCUT2D eigenvalue weighted by Crippen LogP contribution is 2.19. The van der Waals surface area contributed by atoms with E-state index in [1.807, 2.05) is 0 Å². The van der Waals surface area contributed by atoms with Gasteiger partial charge in [-0.15, -0.1) is 24.0 Å². The first kappa shape index (κ1) is 25.1. The standard InChI is InChI=1S/C20H37N5O2.HI/c1-4-21-20(23-14-15-26-17-10-7-5-6-8-11-17)22-13-9-12-18-24-19(16(2)3)25-27-18;/h16-17H,4-15H2,1-3H3,(H2,21,22,23);1H. The minimum atomic E-state index is 0. The molecule has 0 spiro atoms. The Kier molecular flexibility index (Phi) is 13.5. The van der Waals surface area contributed by atoms with Crippen molar-refractivity contribution in [3.63, 3.8) is 0 Å². The normalized spacial score (nSPS) is 15.9. The fourth-order valence-electron chi connectivity index (χ4n) is 3.17. The lowest BCUT2D eigenvalue weighted by Gasteiger charge is -2.16. The highest BCUT2D eigenvalue weighted by atomic mass is 127. The zero-order chi connectivity index (χ0) is 19.3. The second kappa shape index (κ2) is 15.0. The summed E-state index contributed by atoms with van der Waals surface area (Å²) in [5.41, 5.74) is 0. The van der Waals surface area contributed by atoms with Crippen molar-refractivity contribution >= 4 is 29.9 Å². The molecule has 1 aliphatic carbocycles. The third-order valence-electron chi connectivity index (χ3n) is 4.71. The van der Waals surface area contributed by atoms with Crippen molar-refractivity contribution in [1.82, 2.24) is 20.8 Å². The molecule has 0 atom stereocenters. The van der Waals surface area contributed by atoms with Crippen LogP contribution in [-0.4, -0.2) is 48.4 Å². The summed E-state index contributed by atoms with van der Waals surface area (Å²) < 4.78 is 11.3. The molecular formula is C20H38IN5O2. The number of halogens is 1. The van der Waals surface area contributed by atoms with E-state index >= 15 is 0 Å². The summed E-state index contributed by atoms with van der Waals surface area (Å²) in [6.45, 7) is 9.28. The predicted octanol–water partition coefficient (Wildman–Crippen LogP) is 4.04. The lowest BCUT2D eigenvalue weighted by atomic mass is 10.1. The molecule has 8 heteroatoms. The summed E-state index contributed by atoms with van der Waals surface area (Å²) >= 11 is 0. The molecular weight excluding hydrogens is 469 g/mol. The van der Waals surface area contributed by atoms with E-state index in [0.29, 0.717) is 17.9 Å². The van der Waals surface area contributed by atoms with Gasteiger partial charge in [0.2, 0.25) is 5.89 Å². The van der Waals surface area contributed by atoms with Crippen molar-refractivity contribution in [2.24, 2.45) is 4.99 Å². The van der Waals surface area contributed by atoms with Crippen molar-refractivity contribution in [2.75, 3.05) is 26.2 Å². The molecule has 1 aromatic heterocycles. The first-order valence-corrected chi connectivity index (χ1v) is 10.6. The number of aliphatic imine (C=N–C) groups is 1. The van der Waals surface area contributed by atoms with Gasteiger partial charge in [0, 0.05) is 32.0 Å². The van der Waals surface area contributed by atoms with E-state index in [2.05, 4.69) is 46.5 Å². The molecule has 162 valence electrons. The van der Waals surface area contributed by atoms with E-state index in [9.17, 15) is 0 Å². The topological polar surface area (TPSA) is 84.6 Å². The Bertz CT molecular complexity index is 542. The molecule has 0 aromatic carbocycles. The van der Waals surface area contributed by atoms with E-state index in [1.165, 1.54) is 38.5 Å². The van der Waals surface area contributed by atoms with Crippen LogP contribution >= 0.6 is 24.0 Å². The third kappa shape index (κ3) is 10.0. The molecule has 28 heavy (non-hydrogen) atoms. The molecule has 1 aromatic rings. The Morgan fingerprint density at radius 3 is 2.61 bits per heavy atom. The lowest BCUT2D eigenvalue weighted by Crippen LogP contribution is -2.39. The molecule has 0 saturated heterocycles. The maximum absolute atomic E-state index is 6.02. The minimum Gasteiger partial charge on any atom is -0.376 e. The maximum atomic E-state index is 6.02. The second-order valence-electron chi connectivity index (χ2n) is 7.48. The van der Waals surface area contributed by atoms with Crippen molar-refractivity contribution < 1.29 is 9.26 Å². The number of rotatable bonds is 10. The zero-order valence-electron chi connectivity index (χ0n) is 17.7. The minimum absolute atomic E-state index is 0. The van der Waals surface area contributed by atoms with Crippen LogP contribution in [0.15, 0.2) is 9.52 Å². The van der Waals surface area contributed by atoms with Gasteiger partial charge < -0.3 is 19.9 Å². The number of guanidine groups is 1. The Hall–Kier alpha value is -0.900. The Balaban J connectivity index is 0.00000392. The monoisotopic (exact) mass is 507 g/mol. The summed E-state index contributed by atoms with van der Waals surface area (Å²) in [4.78, 5) is 9.02. The van der Waals surface area contributed by atoms with Gasteiger partial charge in [0.25, 0.3) is 0 Å². The molecule has 7 nitrogen and oxygen atoms in total. The molecule has 2 rings (SSSR count). The summed E-state index contributed by atoms with van der Waals surface area (Å²) in [5, 5.41) is 10.6. The SMILES string of the molecule is CCNC(=NCCCc1nc(C(C)C)no1)NCCOC1CCCCCC1.I. The van der Waals surface area contributed by atoms with Crippen LogP contribution in [0, 0.1) is 0 Å². The summed E-state index contributed by atoms with van der Waals surface area (Å²) in [6.07, 6.45) is 9.84. The quantitative estimate of drug-likeness (QED) is 0.164. The van der Waals surface area contributed by atoms with Crippen LogP contribution in [-0.2, 0) is 11.2 Å². The number of nitrogens with zero attached hydrogens (tertiary/aromatic N) is 3. The van der Waals surface area contributed by atoms with Gasteiger partial charge in [-0.05, 0) is 26.2 Å². The molecule has 1 saturated carbocycles. The highest BCUT2D eigenvalue weighted by molar-refractivity contribution is 14.0. The first-order chi connectivity index (χ1) is 13.2. The van der Waals surface area contributed by atoms with E-state index in [0.717, 1.165) is 50.9 Å². The van der Waals surface area contributed by atoms with Gasteiger partial charge in [-0.1, -0.05) is 44.7 Å². The van der Waals surface area contributed by atoms with Gasteiger partial charge in [-0.2, -0.15) is 4.98 Å². The lowest BCUT2D eigenvalue weighted by molar-refractivity contribution is 0.0468. The van der Waals surface area contributed by atoms with E-state index in [1.54, 1.807) is 0 Å². The van der Waals surface area contributed by atoms with Crippen molar-refractivity contribution in [2.45, 2.75) is 84.2 Å². The van der Waals surface area contributed by atoms with Crippen molar-refractivity contribution in [3.8, 4) is 0 Å². The summed E-state index contributed by atoms with van der Waals surface area (Å²) in [6, 6.07) is 0. The van der Waals surface area contributed by atoms with E-state index in [-0.39, 0.29) is 24.0 Å². The fourth-order valence-corrected chi connectivity index (χ4v) is 3.17. The molecule has 0 aliphatic heterocycles. The molecule has 1 aliphatic rings. The average molecular weight is 507 g/mol. The number of aromatic nitrogens is 2. The van der Waals surface area contributed by atoms with Crippen LogP contribution in [0.5, 0.6) is 0 Å². The molecule has 1 fully saturated rings. The molecule has 1 heterocycles. The van der Waals surface area contributed by atoms with Crippen LogP contribution < -0.4 is 10.6 Å². The van der Waals surface area contributed by atoms with Crippen molar-refractivity contribution in [1.29, 1.82) is 0 Å². The molecule has 2 N–H and O–H groups in total. The fraction of sp³-hybridized carbons (Fsp3) is 0.850. The summed E-state index contributed by atoms with van der Waals surface area (Å²) in [5.74, 6) is 2.61.